The third-order valence-electron chi connectivity index (χ3n) is 8.29. The van der Waals surface area contributed by atoms with Gasteiger partial charge in [-0.15, -0.1) is 0 Å². The molecule has 0 unspecified atom stereocenters. The van der Waals surface area contributed by atoms with Crippen LogP contribution >= 0.6 is 11.3 Å². The van der Waals surface area contributed by atoms with Gasteiger partial charge in [-0.1, -0.05) is 78.1 Å². The number of hydrogen-bond acceptors (Lipinski definition) is 6. The monoisotopic (exact) mass is 635 g/mol. The van der Waals surface area contributed by atoms with E-state index in [0.717, 1.165) is 27.6 Å². The van der Waals surface area contributed by atoms with Gasteiger partial charge in [-0.3, -0.25) is 14.2 Å². The van der Waals surface area contributed by atoms with Crippen LogP contribution in [0.5, 0.6) is 5.75 Å². The second kappa shape index (κ2) is 12.4. The van der Waals surface area contributed by atoms with Crippen molar-refractivity contribution < 1.29 is 9.53 Å². The first kappa shape index (κ1) is 29.7. The molecule has 1 atom stereocenters. The number of hydrogen-bond donors (Lipinski definition) is 1. The molecule has 6 aromatic rings. The van der Waals surface area contributed by atoms with Crippen LogP contribution in [0, 0.1) is 11.3 Å². The Bertz CT molecular complexity index is 2430. The van der Waals surface area contributed by atoms with E-state index >= 15 is 0 Å². The average molecular weight is 636 g/mol. The van der Waals surface area contributed by atoms with Gasteiger partial charge in [0, 0.05) is 34.9 Å². The van der Waals surface area contributed by atoms with E-state index in [4.69, 9.17) is 9.73 Å². The summed E-state index contributed by atoms with van der Waals surface area (Å²) in [7, 11) is 1.59. The van der Waals surface area contributed by atoms with Gasteiger partial charge >= 0.3 is 0 Å². The number of para-hydroxylation sites is 2. The van der Waals surface area contributed by atoms with Crippen molar-refractivity contribution in [2.75, 3.05) is 12.4 Å². The number of thiazole rings is 1. The number of fused-ring (bicyclic) bond motifs is 2. The van der Waals surface area contributed by atoms with Gasteiger partial charge in [0.2, 0.25) is 0 Å². The zero-order chi connectivity index (χ0) is 32.5. The minimum absolute atomic E-state index is 0.245. The molecule has 0 saturated carbocycles. The van der Waals surface area contributed by atoms with Crippen LogP contribution in [0.15, 0.2) is 130 Å². The largest absolute Gasteiger partial charge is 0.497 e. The number of carbonyl (C=O) groups excluding carboxylic acids is 1. The summed E-state index contributed by atoms with van der Waals surface area (Å²) >= 11 is 1.29. The SMILES string of the molecule is COc1cccc([C@@H]2C(C(=O)Nc3ccccc3)=C(C)N=c3sc(=Cc4cn(Cc5ccccc5C#N)c5ccccc45)c(=O)n32)c1. The Morgan fingerprint density at radius 1 is 1.02 bits per heavy atom. The molecule has 0 fully saturated rings. The van der Waals surface area contributed by atoms with Crippen LogP contribution in [0.4, 0.5) is 5.69 Å². The Hall–Kier alpha value is -5.98. The molecule has 8 nitrogen and oxygen atoms in total. The topological polar surface area (TPSA) is 101 Å². The van der Waals surface area contributed by atoms with E-state index in [1.54, 1.807) is 18.6 Å². The molecule has 0 spiro atoms. The van der Waals surface area contributed by atoms with E-state index in [0.29, 0.717) is 44.1 Å². The van der Waals surface area contributed by atoms with Gasteiger partial charge in [-0.2, -0.15) is 5.26 Å². The van der Waals surface area contributed by atoms with Gasteiger partial charge in [0.1, 0.15) is 5.75 Å². The number of nitriles is 1. The summed E-state index contributed by atoms with van der Waals surface area (Å²) in [6.07, 6.45) is 3.91. The number of benzene rings is 4. The highest BCUT2D eigenvalue weighted by molar-refractivity contribution is 7.07. The lowest BCUT2D eigenvalue weighted by Gasteiger charge is -2.25. The Kier molecular flexibility index (Phi) is 7.86. The number of aromatic nitrogens is 2. The van der Waals surface area contributed by atoms with E-state index in [2.05, 4.69) is 16.0 Å². The number of ether oxygens (including phenoxy) is 1. The number of nitrogens with zero attached hydrogens (tertiary/aromatic N) is 4. The van der Waals surface area contributed by atoms with Crippen LogP contribution in [0.3, 0.4) is 0 Å². The molecule has 0 saturated heterocycles. The molecule has 1 aliphatic heterocycles. The second-order valence-electron chi connectivity index (χ2n) is 11.2. The van der Waals surface area contributed by atoms with E-state index in [1.165, 1.54) is 11.3 Å². The van der Waals surface area contributed by atoms with Gasteiger partial charge < -0.3 is 14.6 Å². The Balaban J connectivity index is 1.37. The summed E-state index contributed by atoms with van der Waals surface area (Å²) in [4.78, 5) is 33.5. The second-order valence-corrected chi connectivity index (χ2v) is 12.2. The summed E-state index contributed by atoms with van der Waals surface area (Å²) in [5, 5.41) is 13.6. The molecule has 7 rings (SSSR count). The summed E-state index contributed by atoms with van der Waals surface area (Å²) in [6.45, 7) is 2.31. The number of methoxy groups -OCH3 is 1. The van der Waals surface area contributed by atoms with Crippen molar-refractivity contribution >= 4 is 39.9 Å². The van der Waals surface area contributed by atoms with Crippen LogP contribution in [0.2, 0.25) is 0 Å². The quantitative estimate of drug-likeness (QED) is 0.241. The molecule has 4 aromatic carbocycles. The van der Waals surface area contributed by atoms with Gasteiger partial charge in [0.25, 0.3) is 11.5 Å². The number of rotatable bonds is 7. The number of allylic oxidation sites excluding steroid dienone is 1. The first-order chi connectivity index (χ1) is 22.9. The van der Waals surface area contributed by atoms with Crippen molar-refractivity contribution in [3.05, 3.63) is 163 Å². The lowest BCUT2D eigenvalue weighted by atomic mass is 9.95. The van der Waals surface area contributed by atoms with E-state index in [9.17, 15) is 14.9 Å². The van der Waals surface area contributed by atoms with Gasteiger partial charge in [0.15, 0.2) is 4.80 Å². The molecular formula is C38H29N5O3S. The minimum Gasteiger partial charge on any atom is -0.497 e. The fourth-order valence-electron chi connectivity index (χ4n) is 6.07. The van der Waals surface area contributed by atoms with Gasteiger partial charge in [0.05, 0.1) is 40.6 Å². The first-order valence-electron chi connectivity index (χ1n) is 15.0. The van der Waals surface area contributed by atoms with Gasteiger partial charge in [-0.25, -0.2) is 4.99 Å². The Labute approximate surface area is 274 Å². The highest BCUT2D eigenvalue weighted by Crippen LogP contribution is 2.32. The molecule has 0 bridgehead atoms. The fraction of sp³-hybridized carbons (Fsp3) is 0.105. The normalized spacial score (nSPS) is 14.4. The van der Waals surface area contributed by atoms with Crippen LogP contribution < -0.4 is 24.9 Å². The standard InChI is InChI=1S/C38H29N5O3S/c1-24-34(36(44)41-29-14-4-3-5-15-29)35(25-13-10-16-30(19-25)46-2)43-37(45)33(47-38(43)40-24)20-28-23-42(32-18-9-8-17-31(28)32)22-27-12-7-6-11-26(27)21-39/h3-20,23,35H,22H2,1-2H3,(H,41,44)/t35-/m1/s1. The molecular weight excluding hydrogens is 607 g/mol. The number of carbonyl (C=O) groups is 1. The molecule has 2 aromatic heterocycles. The smallest absolute Gasteiger partial charge is 0.271 e. The van der Waals surface area contributed by atoms with Crippen molar-refractivity contribution in [2.45, 2.75) is 19.5 Å². The van der Waals surface area contributed by atoms with E-state index in [1.807, 2.05) is 115 Å². The number of nitrogens with one attached hydrogen (secondary N) is 1. The third-order valence-corrected chi connectivity index (χ3v) is 9.27. The van der Waals surface area contributed by atoms with E-state index < -0.39 is 6.04 Å². The third kappa shape index (κ3) is 5.56. The molecule has 1 N–H and O–H groups in total. The maximum atomic E-state index is 14.4. The van der Waals surface area contributed by atoms with Crippen molar-refractivity contribution in [3.63, 3.8) is 0 Å². The molecule has 1 aliphatic rings. The van der Waals surface area contributed by atoms with Crippen LogP contribution in [-0.4, -0.2) is 22.2 Å². The van der Waals surface area contributed by atoms with Crippen molar-refractivity contribution in [1.82, 2.24) is 9.13 Å². The number of amides is 1. The number of anilines is 1. The summed E-state index contributed by atoms with van der Waals surface area (Å²) in [5.41, 5.74) is 5.45. The summed E-state index contributed by atoms with van der Waals surface area (Å²) in [5.74, 6) is 0.285. The van der Waals surface area contributed by atoms with Crippen LogP contribution in [0.25, 0.3) is 17.0 Å². The summed E-state index contributed by atoms with van der Waals surface area (Å²) in [6, 6.07) is 33.8. The molecule has 0 aliphatic carbocycles. The molecule has 3 heterocycles. The predicted octanol–water partition coefficient (Wildman–Crippen LogP) is 5.76. The van der Waals surface area contributed by atoms with Crippen molar-refractivity contribution in [1.29, 1.82) is 5.26 Å². The average Bonchev–Trinajstić information content (AvgIpc) is 3.60. The molecule has 230 valence electrons. The fourth-order valence-corrected chi connectivity index (χ4v) is 7.11. The highest BCUT2D eigenvalue weighted by atomic mass is 32.1. The zero-order valence-electron chi connectivity index (χ0n) is 25.7. The lowest BCUT2D eigenvalue weighted by Crippen LogP contribution is -2.40. The molecule has 0 radical (unpaired) electrons. The Morgan fingerprint density at radius 2 is 1.79 bits per heavy atom. The van der Waals surface area contributed by atoms with Gasteiger partial charge in [-0.05, 0) is 60.5 Å². The molecule has 9 heteroatoms. The predicted molar refractivity (Wildman–Crippen MR) is 184 cm³/mol. The van der Waals surface area contributed by atoms with Crippen molar-refractivity contribution in [2.24, 2.45) is 4.99 Å². The maximum Gasteiger partial charge on any atom is 0.271 e. The Morgan fingerprint density at radius 3 is 2.60 bits per heavy atom. The van der Waals surface area contributed by atoms with E-state index in [-0.39, 0.29) is 11.5 Å². The highest BCUT2D eigenvalue weighted by Gasteiger charge is 2.33. The van der Waals surface area contributed by atoms with Crippen LogP contribution in [0.1, 0.15) is 35.2 Å². The van der Waals surface area contributed by atoms with Crippen molar-refractivity contribution in [3.8, 4) is 11.8 Å². The maximum absolute atomic E-state index is 14.4. The molecule has 1 amide bonds. The lowest BCUT2D eigenvalue weighted by molar-refractivity contribution is -0.113. The molecule has 47 heavy (non-hydrogen) atoms. The van der Waals surface area contributed by atoms with Crippen LogP contribution in [-0.2, 0) is 11.3 Å². The summed E-state index contributed by atoms with van der Waals surface area (Å²) < 4.78 is 9.72. The zero-order valence-corrected chi connectivity index (χ0v) is 26.5. The minimum atomic E-state index is -0.726. The first-order valence-corrected chi connectivity index (χ1v) is 15.9.